The van der Waals surface area contributed by atoms with Crippen LogP contribution in [0.5, 0.6) is 11.5 Å². The van der Waals surface area contributed by atoms with E-state index in [1.807, 2.05) is 13.8 Å². The lowest BCUT2D eigenvalue weighted by atomic mass is 9.45. The Labute approximate surface area is 198 Å². The van der Waals surface area contributed by atoms with Crippen molar-refractivity contribution < 1.29 is 27.4 Å². The summed E-state index contributed by atoms with van der Waals surface area (Å²) >= 11 is 0. The number of carbonyl (C=O) groups is 1. The SMILES string of the molecule is CCC(C)(Oc1cc(C(=O)Oc2ccccc2)ccc1C(F)(F)F)C12CC3CC(CC(C3)C1)C2. The van der Waals surface area contributed by atoms with Crippen LogP contribution in [0, 0.1) is 23.2 Å². The quantitative estimate of drug-likeness (QED) is 0.319. The third-order valence-electron chi connectivity index (χ3n) is 8.65. The van der Waals surface area contributed by atoms with E-state index in [1.165, 1.54) is 25.3 Å². The average molecular weight is 473 g/mol. The molecule has 0 spiro atoms. The van der Waals surface area contributed by atoms with Crippen molar-refractivity contribution in [3.63, 3.8) is 0 Å². The summed E-state index contributed by atoms with van der Waals surface area (Å²) in [7, 11) is 0. The van der Waals surface area contributed by atoms with E-state index >= 15 is 0 Å². The zero-order valence-corrected chi connectivity index (χ0v) is 19.7. The second-order valence-corrected chi connectivity index (χ2v) is 10.8. The molecule has 6 heteroatoms. The molecule has 34 heavy (non-hydrogen) atoms. The van der Waals surface area contributed by atoms with Crippen LogP contribution in [-0.2, 0) is 6.18 Å². The fourth-order valence-electron chi connectivity index (χ4n) is 7.18. The van der Waals surface area contributed by atoms with E-state index in [-0.39, 0.29) is 16.7 Å². The van der Waals surface area contributed by atoms with Gasteiger partial charge in [-0.15, -0.1) is 0 Å². The molecule has 0 saturated heterocycles. The minimum atomic E-state index is -4.59. The minimum absolute atomic E-state index is 0.0378. The molecule has 0 heterocycles. The standard InChI is InChI=1S/C28H31F3O3/c1-3-26(2,27-15-18-11-19(16-27)13-20(12-18)17-27)34-24-14-21(9-10-23(24)28(29,30)31)25(32)33-22-7-5-4-6-8-22/h4-10,14,18-20H,3,11-13,15-17H2,1-2H3. The van der Waals surface area contributed by atoms with Crippen LogP contribution < -0.4 is 9.47 Å². The molecule has 0 aromatic heterocycles. The van der Waals surface area contributed by atoms with Crippen LogP contribution in [0.15, 0.2) is 48.5 Å². The number of rotatable bonds is 6. The summed E-state index contributed by atoms with van der Waals surface area (Å²) in [4.78, 5) is 12.7. The van der Waals surface area contributed by atoms with Crippen LogP contribution in [0.3, 0.4) is 0 Å². The largest absolute Gasteiger partial charge is 0.486 e. The van der Waals surface area contributed by atoms with Crippen molar-refractivity contribution in [2.45, 2.75) is 70.6 Å². The highest BCUT2D eigenvalue weighted by molar-refractivity contribution is 5.91. The molecule has 2 aromatic rings. The number of hydrogen-bond donors (Lipinski definition) is 0. The number of carbonyl (C=O) groups excluding carboxylic acids is 1. The third-order valence-corrected chi connectivity index (χ3v) is 8.65. The Bertz CT molecular complexity index is 1030. The fraction of sp³-hybridized carbons (Fsp3) is 0.536. The number of alkyl halides is 3. The predicted molar refractivity (Wildman–Crippen MR) is 123 cm³/mol. The topological polar surface area (TPSA) is 35.5 Å². The smallest absolute Gasteiger partial charge is 0.419 e. The molecular weight excluding hydrogens is 441 g/mol. The summed E-state index contributed by atoms with van der Waals surface area (Å²) in [5.41, 5.74) is -1.69. The molecule has 0 amide bonds. The number of esters is 1. The van der Waals surface area contributed by atoms with Crippen molar-refractivity contribution in [3.05, 3.63) is 59.7 Å². The molecule has 4 saturated carbocycles. The third kappa shape index (κ3) is 4.09. The lowest BCUT2D eigenvalue weighted by Gasteiger charge is -2.62. The summed E-state index contributed by atoms with van der Waals surface area (Å²) in [5.74, 6) is 1.29. The Morgan fingerprint density at radius 2 is 1.56 bits per heavy atom. The van der Waals surface area contributed by atoms with Gasteiger partial charge in [-0.3, -0.25) is 0 Å². The highest BCUT2D eigenvalue weighted by Crippen LogP contribution is 2.65. The van der Waals surface area contributed by atoms with Gasteiger partial charge in [-0.05, 0) is 100.0 Å². The monoisotopic (exact) mass is 472 g/mol. The lowest BCUT2D eigenvalue weighted by Crippen LogP contribution is -2.59. The van der Waals surface area contributed by atoms with Gasteiger partial charge in [0.05, 0.1) is 11.1 Å². The normalized spacial score (nSPS) is 29.5. The zero-order chi connectivity index (χ0) is 24.1. The van der Waals surface area contributed by atoms with Crippen molar-refractivity contribution in [3.8, 4) is 11.5 Å². The Morgan fingerprint density at radius 1 is 0.971 bits per heavy atom. The van der Waals surface area contributed by atoms with Gasteiger partial charge in [0, 0.05) is 5.41 Å². The molecule has 6 rings (SSSR count). The molecule has 0 aliphatic heterocycles. The Hall–Kier alpha value is -2.50. The minimum Gasteiger partial charge on any atom is -0.486 e. The van der Waals surface area contributed by atoms with Crippen molar-refractivity contribution >= 4 is 5.97 Å². The summed E-state index contributed by atoms with van der Waals surface area (Å²) in [6.45, 7) is 3.98. The summed E-state index contributed by atoms with van der Waals surface area (Å²) < 4.78 is 53.7. The first-order chi connectivity index (χ1) is 16.1. The number of ether oxygens (including phenoxy) is 2. The lowest BCUT2D eigenvalue weighted by molar-refractivity contribution is -0.166. The molecule has 0 radical (unpaired) electrons. The van der Waals surface area contributed by atoms with Crippen LogP contribution in [-0.4, -0.2) is 11.6 Å². The molecule has 182 valence electrons. The first-order valence-electron chi connectivity index (χ1n) is 12.3. The van der Waals surface area contributed by atoms with E-state index < -0.39 is 23.3 Å². The average Bonchev–Trinajstić information content (AvgIpc) is 2.78. The van der Waals surface area contributed by atoms with Gasteiger partial charge in [0.15, 0.2) is 0 Å². The van der Waals surface area contributed by atoms with Gasteiger partial charge in [0.2, 0.25) is 0 Å². The Morgan fingerprint density at radius 3 is 2.09 bits per heavy atom. The van der Waals surface area contributed by atoms with Gasteiger partial charge >= 0.3 is 12.1 Å². The van der Waals surface area contributed by atoms with Gasteiger partial charge in [0.25, 0.3) is 0 Å². The second kappa shape index (κ2) is 8.31. The first kappa shape index (κ1) is 23.3. The molecule has 1 atom stereocenters. The van der Waals surface area contributed by atoms with E-state index in [0.717, 1.165) is 31.4 Å². The number of halogens is 3. The van der Waals surface area contributed by atoms with Crippen LogP contribution in [0.4, 0.5) is 13.2 Å². The molecule has 0 N–H and O–H groups in total. The van der Waals surface area contributed by atoms with Crippen molar-refractivity contribution in [1.29, 1.82) is 0 Å². The van der Waals surface area contributed by atoms with Crippen molar-refractivity contribution in [2.75, 3.05) is 0 Å². The van der Waals surface area contributed by atoms with E-state index in [2.05, 4.69) is 0 Å². The van der Waals surface area contributed by atoms with Crippen LogP contribution in [0.2, 0.25) is 0 Å². The number of hydrogen-bond acceptors (Lipinski definition) is 3. The highest BCUT2D eigenvalue weighted by atomic mass is 19.4. The Balaban J connectivity index is 1.48. The summed E-state index contributed by atoms with van der Waals surface area (Å²) in [6.07, 6.45) is 2.79. The maximum Gasteiger partial charge on any atom is 0.419 e. The molecule has 4 bridgehead atoms. The first-order valence-corrected chi connectivity index (χ1v) is 12.3. The van der Waals surface area contributed by atoms with Crippen molar-refractivity contribution in [2.24, 2.45) is 23.2 Å². The second-order valence-electron chi connectivity index (χ2n) is 10.8. The molecule has 3 nitrogen and oxygen atoms in total. The zero-order valence-electron chi connectivity index (χ0n) is 19.7. The van der Waals surface area contributed by atoms with Gasteiger partial charge in [-0.1, -0.05) is 25.1 Å². The van der Waals surface area contributed by atoms with Crippen LogP contribution in [0.25, 0.3) is 0 Å². The van der Waals surface area contributed by atoms with Gasteiger partial charge in [-0.25, -0.2) is 4.79 Å². The Kier molecular flexibility index (Phi) is 5.69. The van der Waals surface area contributed by atoms with E-state index in [1.54, 1.807) is 30.3 Å². The molecule has 4 aliphatic carbocycles. The van der Waals surface area contributed by atoms with E-state index in [4.69, 9.17) is 9.47 Å². The van der Waals surface area contributed by atoms with Crippen LogP contribution >= 0.6 is 0 Å². The van der Waals surface area contributed by atoms with Gasteiger partial charge in [0.1, 0.15) is 17.1 Å². The summed E-state index contributed by atoms with van der Waals surface area (Å²) in [6, 6.07) is 11.8. The fourth-order valence-corrected chi connectivity index (χ4v) is 7.18. The van der Waals surface area contributed by atoms with E-state index in [9.17, 15) is 18.0 Å². The maximum absolute atomic E-state index is 14.0. The predicted octanol–water partition coefficient (Wildman–Crippen LogP) is 7.69. The molecule has 2 aromatic carbocycles. The molecule has 4 aliphatic rings. The van der Waals surface area contributed by atoms with Gasteiger partial charge in [-0.2, -0.15) is 13.2 Å². The molecule has 4 fully saturated rings. The number of para-hydroxylation sites is 1. The molecular formula is C28H31F3O3. The van der Waals surface area contributed by atoms with Crippen molar-refractivity contribution in [1.82, 2.24) is 0 Å². The highest BCUT2D eigenvalue weighted by Gasteiger charge is 2.59. The van der Waals surface area contributed by atoms with Gasteiger partial charge < -0.3 is 9.47 Å². The maximum atomic E-state index is 14.0. The molecule has 1 unspecified atom stereocenters. The summed E-state index contributed by atoms with van der Waals surface area (Å²) in [5, 5.41) is 0. The van der Waals surface area contributed by atoms with Crippen LogP contribution in [0.1, 0.15) is 74.7 Å². The number of benzene rings is 2. The van der Waals surface area contributed by atoms with E-state index in [0.29, 0.717) is 29.9 Å².